The largest absolute Gasteiger partial charge is 0.375 e. The SMILES string of the molecule is CCCCCCOC1CCC2C3CCC(OC[C]4CCC(CC5CC5)CC4)C(F)C3SC2C1F. The molecule has 1 aliphatic heterocycles. The van der Waals surface area contributed by atoms with Gasteiger partial charge >= 0.3 is 0 Å². The van der Waals surface area contributed by atoms with Gasteiger partial charge in [0.25, 0.3) is 0 Å². The molecule has 195 valence electrons. The maximum atomic E-state index is 15.6. The van der Waals surface area contributed by atoms with Gasteiger partial charge in [0.1, 0.15) is 12.3 Å². The van der Waals surface area contributed by atoms with Gasteiger partial charge in [0.2, 0.25) is 0 Å². The number of thioether (sulfide) groups is 1. The van der Waals surface area contributed by atoms with Crippen LogP contribution >= 0.6 is 11.8 Å². The number of alkyl halides is 2. The number of fused-ring (bicyclic) bond motifs is 3. The summed E-state index contributed by atoms with van der Waals surface area (Å²) >= 11 is 1.61. The van der Waals surface area contributed by atoms with E-state index in [0.717, 1.165) is 50.4 Å². The smallest absolute Gasteiger partial charge is 0.138 e. The van der Waals surface area contributed by atoms with Crippen molar-refractivity contribution in [3.05, 3.63) is 5.92 Å². The standard InChI is InChI=1S/C29H47F2O2S/c1-2-3-4-5-16-32-24-14-12-22-23-13-15-25(27(31)29(23)34-28(22)26(24)30)33-18-21-10-8-20(9-11-21)17-19-6-7-19/h19-20,22-29H,2-18H2,1H3. The fraction of sp³-hybridized carbons (Fsp3) is 0.966. The molecule has 0 aromatic rings. The average Bonchev–Trinajstić information content (AvgIpc) is 3.58. The van der Waals surface area contributed by atoms with Gasteiger partial charge in [0.15, 0.2) is 0 Å². The van der Waals surface area contributed by atoms with E-state index in [2.05, 4.69) is 6.92 Å². The first-order chi connectivity index (χ1) is 16.6. The molecule has 1 radical (unpaired) electrons. The molecule has 0 aromatic heterocycles. The van der Waals surface area contributed by atoms with Crippen molar-refractivity contribution in [3.63, 3.8) is 0 Å². The normalized spacial score (nSPS) is 41.4. The van der Waals surface area contributed by atoms with E-state index in [1.165, 1.54) is 63.7 Å². The summed E-state index contributed by atoms with van der Waals surface area (Å²) in [5.41, 5.74) is 0. The minimum Gasteiger partial charge on any atom is -0.375 e. The van der Waals surface area contributed by atoms with Gasteiger partial charge in [0.05, 0.1) is 18.8 Å². The van der Waals surface area contributed by atoms with Crippen LogP contribution in [0.5, 0.6) is 0 Å². The molecule has 5 rings (SSSR count). The molecule has 8 unspecified atom stereocenters. The summed E-state index contributed by atoms with van der Waals surface area (Å²) in [5, 5.41) is -0.174. The van der Waals surface area contributed by atoms with Crippen LogP contribution in [-0.4, -0.2) is 48.3 Å². The Morgan fingerprint density at radius 2 is 1.35 bits per heavy atom. The molecule has 0 amide bonds. The summed E-state index contributed by atoms with van der Waals surface area (Å²) < 4.78 is 43.3. The highest BCUT2D eigenvalue weighted by molar-refractivity contribution is 8.00. The minimum absolute atomic E-state index is 0.0856. The molecule has 4 saturated carbocycles. The number of hydrogen-bond acceptors (Lipinski definition) is 3. The van der Waals surface area contributed by atoms with Gasteiger partial charge < -0.3 is 9.47 Å². The monoisotopic (exact) mass is 497 g/mol. The maximum Gasteiger partial charge on any atom is 0.138 e. The Labute approximate surface area is 211 Å². The Balaban J connectivity index is 1.06. The first kappa shape index (κ1) is 25.8. The van der Waals surface area contributed by atoms with Gasteiger partial charge in [-0.2, -0.15) is 0 Å². The Bertz CT molecular complexity index is 623. The summed E-state index contributed by atoms with van der Waals surface area (Å²) in [6.45, 7) is 3.52. The molecule has 5 aliphatic rings. The van der Waals surface area contributed by atoms with E-state index in [1.54, 1.807) is 11.8 Å². The second kappa shape index (κ2) is 12.1. The lowest BCUT2D eigenvalue weighted by molar-refractivity contribution is -0.0542. The van der Waals surface area contributed by atoms with Gasteiger partial charge in [-0.15, -0.1) is 11.8 Å². The summed E-state index contributed by atoms with van der Waals surface area (Å²) in [6, 6.07) is 0. The van der Waals surface area contributed by atoms with E-state index in [9.17, 15) is 0 Å². The Kier molecular flexibility index (Phi) is 9.18. The maximum absolute atomic E-state index is 15.6. The Morgan fingerprint density at radius 3 is 1.97 bits per heavy atom. The molecule has 0 aromatic carbocycles. The molecule has 0 bridgehead atoms. The quantitative estimate of drug-likeness (QED) is 0.271. The second-order valence-corrected chi connectivity index (χ2v) is 13.5. The number of ether oxygens (including phenoxy) is 2. The van der Waals surface area contributed by atoms with Crippen LogP contribution in [0.3, 0.4) is 0 Å². The average molecular weight is 498 g/mol. The zero-order valence-corrected chi connectivity index (χ0v) is 22.1. The third-order valence-corrected chi connectivity index (χ3v) is 11.5. The molecule has 34 heavy (non-hydrogen) atoms. The molecule has 0 spiro atoms. The van der Waals surface area contributed by atoms with Crippen LogP contribution in [0.2, 0.25) is 0 Å². The van der Waals surface area contributed by atoms with Crippen molar-refractivity contribution in [2.45, 2.75) is 138 Å². The Hall–Kier alpha value is 0.130. The van der Waals surface area contributed by atoms with E-state index < -0.39 is 12.3 Å². The predicted molar refractivity (Wildman–Crippen MR) is 137 cm³/mol. The van der Waals surface area contributed by atoms with Crippen LogP contribution < -0.4 is 0 Å². The number of hydrogen-bond donors (Lipinski definition) is 0. The van der Waals surface area contributed by atoms with Crippen molar-refractivity contribution in [3.8, 4) is 0 Å². The predicted octanol–water partition coefficient (Wildman–Crippen LogP) is 7.88. The van der Waals surface area contributed by atoms with Crippen molar-refractivity contribution >= 4 is 11.8 Å². The molecule has 1 heterocycles. The van der Waals surface area contributed by atoms with Crippen LogP contribution in [-0.2, 0) is 9.47 Å². The van der Waals surface area contributed by atoms with Gasteiger partial charge in [-0.1, -0.05) is 39.0 Å². The fourth-order valence-corrected chi connectivity index (χ4v) is 9.43. The van der Waals surface area contributed by atoms with E-state index in [-0.39, 0.29) is 22.7 Å². The molecule has 2 nitrogen and oxygen atoms in total. The highest BCUT2D eigenvalue weighted by atomic mass is 32.2. The summed E-state index contributed by atoms with van der Waals surface area (Å²) in [7, 11) is 0. The molecule has 5 fully saturated rings. The van der Waals surface area contributed by atoms with Gasteiger partial charge in [-0.25, -0.2) is 8.78 Å². The molecule has 8 atom stereocenters. The van der Waals surface area contributed by atoms with E-state index >= 15 is 8.78 Å². The summed E-state index contributed by atoms with van der Waals surface area (Å²) in [6.07, 6.45) is 15.0. The van der Waals surface area contributed by atoms with Gasteiger partial charge in [-0.05, 0) is 87.9 Å². The molecular weight excluding hydrogens is 450 g/mol. The number of unbranched alkanes of at least 4 members (excludes halogenated alkanes) is 3. The minimum atomic E-state index is -0.957. The first-order valence-corrected chi connectivity index (χ1v) is 15.6. The first-order valence-electron chi connectivity index (χ1n) is 14.6. The van der Waals surface area contributed by atoms with E-state index in [1.807, 2.05) is 0 Å². The highest BCUT2D eigenvalue weighted by Crippen LogP contribution is 2.56. The van der Waals surface area contributed by atoms with Crippen LogP contribution in [0.1, 0.15) is 103 Å². The van der Waals surface area contributed by atoms with Crippen molar-refractivity contribution in [1.82, 2.24) is 0 Å². The van der Waals surface area contributed by atoms with Crippen LogP contribution in [0.15, 0.2) is 0 Å². The molecule has 4 aliphatic carbocycles. The van der Waals surface area contributed by atoms with Crippen molar-refractivity contribution in [1.29, 1.82) is 0 Å². The van der Waals surface area contributed by atoms with Crippen molar-refractivity contribution in [2.75, 3.05) is 13.2 Å². The van der Waals surface area contributed by atoms with Crippen molar-refractivity contribution < 1.29 is 18.3 Å². The van der Waals surface area contributed by atoms with Crippen LogP contribution in [0.4, 0.5) is 8.78 Å². The van der Waals surface area contributed by atoms with E-state index in [4.69, 9.17) is 9.47 Å². The zero-order valence-electron chi connectivity index (χ0n) is 21.3. The fourth-order valence-electron chi connectivity index (χ4n) is 7.33. The van der Waals surface area contributed by atoms with Gasteiger partial charge in [-0.3, -0.25) is 0 Å². The third-order valence-electron chi connectivity index (χ3n) is 9.62. The van der Waals surface area contributed by atoms with Crippen molar-refractivity contribution in [2.24, 2.45) is 23.7 Å². The summed E-state index contributed by atoms with van der Waals surface area (Å²) in [5.74, 6) is 4.07. The van der Waals surface area contributed by atoms with Crippen LogP contribution in [0.25, 0.3) is 0 Å². The van der Waals surface area contributed by atoms with Gasteiger partial charge in [0, 0.05) is 23.0 Å². The summed E-state index contributed by atoms with van der Waals surface area (Å²) in [4.78, 5) is 0. The third kappa shape index (κ3) is 6.15. The number of halogens is 2. The molecule has 1 saturated heterocycles. The lowest BCUT2D eigenvalue weighted by Crippen LogP contribution is -2.45. The zero-order chi connectivity index (χ0) is 23.5. The molecule has 0 N–H and O–H groups in total. The molecule has 5 heteroatoms. The van der Waals surface area contributed by atoms with Crippen LogP contribution in [0, 0.1) is 29.6 Å². The molecular formula is C29H47F2O2S. The van der Waals surface area contributed by atoms with E-state index in [0.29, 0.717) is 25.0 Å². The lowest BCUT2D eigenvalue weighted by Gasteiger charge is -2.39. The highest BCUT2D eigenvalue weighted by Gasteiger charge is 2.56. The lowest BCUT2D eigenvalue weighted by atomic mass is 9.71. The Morgan fingerprint density at radius 1 is 0.735 bits per heavy atom. The topological polar surface area (TPSA) is 18.5 Å². The number of rotatable bonds is 11. The second-order valence-electron chi connectivity index (χ2n) is 12.1.